The Morgan fingerprint density at radius 1 is 1.16 bits per heavy atom. The molecule has 0 saturated carbocycles. The summed E-state index contributed by atoms with van der Waals surface area (Å²) in [5.41, 5.74) is 3.51. The molecule has 0 unspecified atom stereocenters. The van der Waals surface area contributed by atoms with Crippen molar-refractivity contribution < 1.29 is 14.1 Å². The predicted molar refractivity (Wildman–Crippen MR) is 125 cm³/mol. The van der Waals surface area contributed by atoms with Gasteiger partial charge in [-0.05, 0) is 30.0 Å². The van der Waals surface area contributed by atoms with Crippen LogP contribution < -0.4 is 10.1 Å². The van der Waals surface area contributed by atoms with Crippen LogP contribution in [0.1, 0.15) is 54.6 Å². The quantitative estimate of drug-likeness (QED) is 0.605. The molecule has 1 N–H and O–H groups in total. The number of nitrogens with one attached hydrogen (secondary N) is 1. The van der Waals surface area contributed by atoms with E-state index < -0.39 is 0 Å². The SMILES string of the molecule is CCc1cc(C(=O)N2Cc3ccccc3NCc3ccccc3OC[C@@H]2CC(C)C)no1. The number of anilines is 1. The summed E-state index contributed by atoms with van der Waals surface area (Å²) in [5, 5.41) is 7.59. The lowest BCUT2D eigenvalue weighted by molar-refractivity contribution is 0.0547. The van der Waals surface area contributed by atoms with Crippen LogP contribution in [0.4, 0.5) is 5.69 Å². The number of aryl methyl sites for hydroxylation is 1. The molecule has 0 fully saturated rings. The van der Waals surface area contributed by atoms with E-state index in [0.29, 0.717) is 43.5 Å². The fraction of sp³-hybridized carbons (Fsp3) is 0.385. The van der Waals surface area contributed by atoms with E-state index in [0.717, 1.165) is 29.0 Å². The van der Waals surface area contributed by atoms with Crippen LogP contribution in [0.2, 0.25) is 0 Å². The molecule has 0 spiro atoms. The number of hydrogen-bond acceptors (Lipinski definition) is 5. The predicted octanol–water partition coefficient (Wildman–Crippen LogP) is 5.30. The number of aromatic nitrogens is 1. The van der Waals surface area contributed by atoms with Crippen LogP contribution in [0.25, 0.3) is 0 Å². The first-order valence-corrected chi connectivity index (χ1v) is 11.3. The highest BCUT2D eigenvalue weighted by atomic mass is 16.5. The molecule has 1 atom stereocenters. The smallest absolute Gasteiger partial charge is 0.276 e. The number of fused-ring (bicyclic) bond motifs is 2. The maximum absolute atomic E-state index is 13.7. The molecular weight excluding hydrogens is 402 g/mol. The third-order valence-corrected chi connectivity index (χ3v) is 5.80. The lowest BCUT2D eigenvalue weighted by Crippen LogP contribution is -2.44. The maximum atomic E-state index is 13.7. The molecule has 0 radical (unpaired) electrons. The minimum atomic E-state index is -0.134. The van der Waals surface area contributed by atoms with E-state index in [1.165, 1.54) is 0 Å². The molecular formula is C26H31N3O3. The van der Waals surface area contributed by atoms with E-state index in [1.54, 1.807) is 6.07 Å². The van der Waals surface area contributed by atoms with Crippen LogP contribution in [-0.4, -0.2) is 28.6 Å². The minimum absolute atomic E-state index is 0.108. The normalized spacial score (nSPS) is 16.4. The van der Waals surface area contributed by atoms with Crippen LogP contribution in [0, 0.1) is 5.92 Å². The van der Waals surface area contributed by atoms with Crippen molar-refractivity contribution in [2.45, 2.75) is 52.7 Å². The van der Waals surface area contributed by atoms with Gasteiger partial charge in [0.15, 0.2) is 5.69 Å². The first kappa shape index (κ1) is 21.9. The number of amides is 1. The Morgan fingerprint density at radius 2 is 1.91 bits per heavy atom. The average Bonchev–Trinajstić information content (AvgIpc) is 3.28. The van der Waals surface area contributed by atoms with Gasteiger partial charge in [-0.1, -0.05) is 62.3 Å². The van der Waals surface area contributed by atoms with Crippen LogP contribution in [0.3, 0.4) is 0 Å². The van der Waals surface area contributed by atoms with Crippen molar-refractivity contribution in [2.24, 2.45) is 5.92 Å². The second-order valence-corrected chi connectivity index (χ2v) is 8.68. The van der Waals surface area contributed by atoms with E-state index in [9.17, 15) is 4.79 Å². The first-order chi connectivity index (χ1) is 15.5. The van der Waals surface area contributed by atoms with Crippen molar-refractivity contribution in [1.82, 2.24) is 10.1 Å². The largest absolute Gasteiger partial charge is 0.491 e. The molecule has 3 aromatic rings. The van der Waals surface area contributed by atoms with Gasteiger partial charge in [-0.2, -0.15) is 0 Å². The summed E-state index contributed by atoms with van der Waals surface area (Å²) in [5.74, 6) is 1.82. The molecule has 0 bridgehead atoms. The van der Waals surface area contributed by atoms with Gasteiger partial charge in [-0.3, -0.25) is 4.79 Å². The number of rotatable bonds is 4. The van der Waals surface area contributed by atoms with E-state index in [4.69, 9.17) is 9.26 Å². The summed E-state index contributed by atoms with van der Waals surface area (Å²) in [6.45, 7) is 7.86. The average molecular weight is 434 g/mol. The molecule has 6 nitrogen and oxygen atoms in total. The Balaban J connectivity index is 1.76. The number of para-hydroxylation sites is 2. The summed E-state index contributed by atoms with van der Waals surface area (Å²) in [4.78, 5) is 15.5. The Hall–Kier alpha value is -3.28. The summed E-state index contributed by atoms with van der Waals surface area (Å²) in [6.07, 6.45) is 1.52. The second-order valence-electron chi connectivity index (χ2n) is 8.68. The highest BCUT2D eigenvalue weighted by molar-refractivity contribution is 5.92. The number of hydrogen-bond donors (Lipinski definition) is 1. The Morgan fingerprint density at radius 3 is 2.66 bits per heavy atom. The molecule has 168 valence electrons. The molecule has 2 heterocycles. The van der Waals surface area contributed by atoms with Crippen molar-refractivity contribution in [2.75, 3.05) is 11.9 Å². The molecule has 1 aliphatic heterocycles. The van der Waals surface area contributed by atoms with Gasteiger partial charge in [0.2, 0.25) is 0 Å². The molecule has 4 rings (SSSR count). The lowest BCUT2D eigenvalue weighted by Gasteiger charge is -2.33. The minimum Gasteiger partial charge on any atom is -0.491 e. The van der Waals surface area contributed by atoms with Crippen LogP contribution in [0.15, 0.2) is 59.1 Å². The highest BCUT2D eigenvalue weighted by Gasteiger charge is 2.29. The zero-order chi connectivity index (χ0) is 22.5. The van der Waals surface area contributed by atoms with Gasteiger partial charge < -0.3 is 19.5 Å². The molecule has 0 aliphatic carbocycles. The van der Waals surface area contributed by atoms with Crippen molar-refractivity contribution in [3.05, 3.63) is 77.2 Å². The maximum Gasteiger partial charge on any atom is 0.276 e. The first-order valence-electron chi connectivity index (χ1n) is 11.3. The van der Waals surface area contributed by atoms with Crippen LogP contribution in [0.5, 0.6) is 5.75 Å². The van der Waals surface area contributed by atoms with E-state index >= 15 is 0 Å². The lowest BCUT2D eigenvalue weighted by atomic mass is 10.0. The van der Waals surface area contributed by atoms with Gasteiger partial charge >= 0.3 is 0 Å². The van der Waals surface area contributed by atoms with Crippen LogP contribution in [-0.2, 0) is 19.5 Å². The Labute approximate surface area is 189 Å². The third-order valence-electron chi connectivity index (χ3n) is 5.80. The fourth-order valence-electron chi connectivity index (χ4n) is 4.10. The van der Waals surface area contributed by atoms with Crippen molar-refractivity contribution >= 4 is 11.6 Å². The zero-order valence-corrected chi connectivity index (χ0v) is 19.0. The topological polar surface area (TPSA) is 67.6 Å². The Kier molecular flexibility index (Phi) is 6.78. The standard InChI is InChI=1S/C26H31N3O3/c1-4-22-14-24(28-32-22)26(30)29-16-20-10-5-7-11-23(20)27-15-19-9-6-8-12-25(19)31-17-21(29)13-18(2)3/h5-12,14,18,21,27H,4,13,15-17H2,1-3H3/t21-/m0/s1. The van der Waals surface area contributed by atoms with Crippen LogP contribution >= 0.6 is 0 Å². The molecule has 1 aromatic heterocycles. The van der Waals surface area contributed by atoms with Crippen molar-refractivity contribution in [1.29, 1.82) is 0 Å². The molecule has 6 heteroatoms. The van der Waals surface area contributed by atoms with Gasteiger partial charge in [0.25, 0.3) is 5.91 Å². The number of benzene rings is 2. The van der Waals surface area contributed by atoms with E-state index in [2.05, 4.69) is 42.5 Å². The molecule has 0 saturated heterocycles. The molecule has 32 heavy (non-hydrogen) atoms. The van der Waals surface area contributed by atoms with Gasteiger partial charge in [0.05, 0.1) is 6.04 Å². The van der Waals surface area contributed by atoms with Crippen molar-refractivity contribution in [3.8, 4) is 5.75 Å². The third kappa shape index (κ3) is 4.96. The van der Waals surface area contributed by atoms with Gasteiger partial charge in [-0.25, -0.2) is 0 Å². The van der Waals surface area contributed by atoms with E-state index in [1.807, 2.05) is 42.2 Å². The number of carbonyl (C=O) groups is 1. The van der Waals surface area contributed by atoms with Gasteiger partial charge in [0, 0.05) is 36.8 Å². The monoisotopic (exact) mass is 433 g/mol. The molecule has 1 aliphatic rings. The second kappa shape index (κ2) is 9.90. The Bertz CT molecular complexity index is 1060. The van der Waals surface area contributed by atoms with Crippen molar-refractivity contribution in [3.63, 3.8) is 0 Å². The summed E-state index contributed by atoms with van der Waals surface area (Å²) >= 11 is 0. The summed E-state index contributed by atoms with van der Waals surface area (Å²) in [7, 11) is 0. The fourth-order valence-corrected chi connectivity index (χ4v) is 4.10. The number of carbonyl (C=O) groups excluding carboxylic acids is 1. The summed E-state index contributed by atoms with van der Waals surface area (Å²) in [6, 6.07) is 17.9. The van der Waals surface area contributed by atoms with E-state index in [-0.39, 0.29) is 11.9 Å². The zero-order valence-electron chi connectivity index (χ0n) is 19.0. The number of nitrogens with zero attached hydrogens (tertiary/aromatic N) is 2. The summed E-state index contributed by atoms with van der Waals surface area (Å²) < 4.78 is 11.6. The van der Waals surface area contributed by atoms with Gasteiger partial charge in [-0.15, -0.1) is 0 Å². The van der Waals surface area contributed by atoms with Gasteiger partial charge in [0.1, 0.15) is 18.1 Å². The highest BCUT2D eigenvalue weighted by Crippen LogP contribution is 2.27. The number of ether oxygens (including phenoxy) is 1. The molecule has 1 amide bonds. The molecule has 2 aromatic carbocycles.